The minimum atomic E-state index is -0.133. The number of carbonyl (C=O) groups excluding carboxylic acids is 2. The van der Waals surface area contributed by atoms with Crippen LogP contribution in [0.15, 0.2) is 35.3 Å². The molecule has 1 aromatic carbocycles. The Morgan fingerprint density at radius 1 is 1.09 bits per heavy atom. The third-order valence-electron chi connectivity index (χ3n) is 6.64. The number of benzene rings is 1. The number of allylic oxidation sites excluding steroid dienone is 2. The number of amides is 2. The second-order valence-electron chi connectivity index (χ2n) is 8.45. The van der Waals surface area contributed by atoms with Gasteiger partial charge in [0.2, 0.25) is 18.6 Å². The lowest BCUT2D eigenvalue weighted by Crippen LogP contribution is -2.43. The molecule has 0 spiro atoms. The minimum Gasteiger partial charge on any atom is -0.454 e. The average Bonchev–Trinajstić information content (AvgIpc) is 3.54. The molecule has 32 heavy (non-hydrogen) atoms. The van der Waals surface area contributed by atoms with Crippen LogP contribution in [0.3, 0.4) is 0 Å². The summed E-state index contributed by atoms with van der Waals surface area (Å²) < 4.78 is 10.8. The Labute approximate surface area is 204 Å². The van der Waals surface area contributed by atoms with Gasteiger partial charge in [-0.25, -0.2) is 0 Å². The predicted octanol–water partition coefficient (Wildman–Crippen LogP) is 1.94. The molecule has 1 saturated heterocycles. The van der Waals surface area contributed by atoms with E-state index < -0.39 is 0 Å². The number of carbonyl (C=O) groups is 2. The number of rotatable bonds is 7. The van der Waals surface area contributed by atoms with Gasteiger partial charge in [0.1, 0.15) is 0 Å². The molecule has 5 rings (SSSR count). The molecule has 9 heteroatoms. The van der Waals surface area contributed by atoms with Crippen molar-refractivity contribution in [2.45, 2.75) is 19.8 Å². The Morgan fingerprint density at radius 2 is 1.81 bits per heavy atom. The molecular formula is C23H29IN4O4. The first-order valence-corrected chi connectivity index (χ1v) is 11.1. The van der Waals surface area contributed by atoms with E-state index in [0.717, 1.165) is 36.4 Å². The van der Waals surface area contributed by atoms with Crippen molar-refractivity contribution in [3.63, 3.8) is 0 Å². The minimum absolute atomic E-state index is 0. The van der Waals surface area contributed by atoms with Crippen LogP contribution in [0, 0.1) is 23.7 Å². The van der Waals surface area contributed by atoms with Crippen LogP contribution in [-0.4, -0.2) is 55.6 Å². The first-order valence-electron chi connectivity index (χ1n) is 11.1. The molecule has 172 valence electrons. The SMILES string of the molecule is CCNC(=NCCc1ccc2c(c1)OCO2)NCCN1C(=O)C2C3C=CC(C3)C2C1=O.I. The largest absolute Gasteiger partial charge is 0.454 e. The summed E-state index contributed by atoms with van der Waals surface area (Å²) in [4.78, 5) is 31.6. The van der Waals surface area contributed by atoms with Crippen molar-refractivity contribution in [1.29, 1.82) is 0 Å². The summed E-state index contributed by atoms with van der Waals surface area (Å²) in [6.45, 7) is 4.47. The van der Waals surface area contributed by atoms with Gasteiger partial charge in [-0.1, -0.05) is 18.2 Å². The Bertz CT molecular complexity index is 920. The number of likely N-dealkylation sites (tertiary alicyclic amines) is 1. The lowest BCUT2D eigenvalue weighted by molar-refractivity contribution is -0.140. The molecule has 2 bridgehead atoms. The van der Waals surface area contributed by atoms with Crippen LogP contribution in [0.2, 0.25) is 0 Å². The van der Waals surface area contributed by atoms with E-state index in [9.17, 15) is 9.59 Å². The molecule has 2 amide bonds. The highest BCUT2D eigenvalue weighted by Crippen LogP contribution is 2.52. The number of nitrogens with one attached hydrogen (secondary N) is 2. The number of guanidine groups is 1. The fraction of sp³-hybridized carbons (Fsp3) is 0.522. The van der Waals surface area contributed by atoms with Crippen molar-refractivity contribution >= 4 is 41.8 Å². The van der Waals surface area contributed by atoms with Gasteiger partial charge in [0.05, 0.1) is 11.8 Å². The molecule has 2 aliphatic heterocycles. The zero-order valence-corrected chi connectivity index (χ0v) is 20.4. The molecule has 8 nitrogen and oxygen atoms in total. The normalized spacial score (nSPS) is 27.0. The lowest BCUT2D eigenvalue weighted by Gasteiger charge is -2.18. The molecule has 0 radical (unpaired) electrons. The van der Waals surface area contributed by atoms with Crippen molar-refractivity contribution in [1.82, 2.24) is 15.5 Å². The van der Waals surface area contributed by atoms with Gasteiger partial charge in [0, 0.05) is 26.2 Å². The number of aliphatic imine (C=N–C) groups is 1. The molecule has 0 aromatic heterocycles. The second kappa shape index (κ2) is 9.68. The number of nitrogens with zero attached hydrogens (tertiary/aromatic N) is 2. The Hall–Kier alpha value is -2.30. The summed E-state index contributed by atoms with van der Waals surface area (Å²) in [7, 11) is 0. The number of hydrogen-bond donors (Lipinski definition) is 2. The smallest absolute Gasteiger partial charge is 0.233 e. The molecule has 2 N–H and O–H groups in total. The summed E-state index contributed by atoms with van der Waals surface area (Å²) in [5.74, 6) is 2.47. The first-order chi connectivity index (χ1) is 15.2. The highest BCUT2D eigenvalue weighted by Gasteiger charge is 2.58. The van der Waals surface area contributed by atoms with Gasteiger partial charge in [-0.3, -0.25) is 19.5 Å². The third kappa shape index (κ3) is 4.18. The number of imide groups is 1. The fourth-order valence-corrected chi connectivity index (χ4v) is 5.21. The van der Waals surface area contributed by atoms with Crippen molar-refractivity contribution in [3.05, 3.63) is 35.9 Å². The quantitative estimate of drug-likeness (QED) is 0.177. The van der Waals surface area contributed by atoms with E-state index in [4.69, 9.17) is 9.47 Å². The Kier molecular flexibility index (Phi) is 6.92. The maximum atomic E-state index is 12.8. The van der Waals surface area contributed by atoms with Crippen LogP contribution >= 0.6 is 24.0 Å². The van der Waals surface area contributed by atoms with Crippen molar-refractivity contribution in [2.75, 3.05) is 33.0 Å². The number of halogens is 1. The summed E-state index contributed by atoms with van der Waals surface area (Å²) >= 11 is 0. The molecular weight excluding hydrogens is 523 g/mol. The zero-order chi connectivity index (χ0) is 21.4. The molecule has 1 saturated carbocycles. The van der Waals surface area contributed by atoms with E-state index in [2.05, 4.69) is 27.8 Å². The van der Waals surface area contributed by atoms with Crippen molar-refractivity contribution < 1.29 is 19.1 Å². The Balaban J connectivity index is 0.00000245. The fourth-order valence-electron chi connectivity index (χ4n) is 5.21. The summed E-state index contributed by atoms with van der Waals surface area (Å²) in [6, 6.07) is 5.93. The molecule has 4 atom stereocenters. The van der Waals surface area contributed by atoms with Crippen LogP contribution < -0.4 is 20.1 Å². The molecule has 4 unspecified atom stereocenters. The standard InChI is InChI=1S/C23H28N4O4.HI/c1-2-24-23(25-8-7-14-3-6-17-18(11-14)31-13-30-17)26-9-10-27-21(28)19-15-4-5-16(12-15)20(19)22(27)29;/h3-6,11,15-16,19-20H,2,7-10,12-13H2,1H3,(H2,24,25,26);1H. The number of fused-ring (bicyclic) bond motifs is 6. The van der Waals surface area contributed by atoms with Gasteiger partial charge in [-0.2, -0.15) is 0 Å². The van der Waals surface area contributed by atoms with Gasteiger partial charge in [-0.15, -0.1) is 24.0 Å². The Morgan fingerprint density at radius 3 is 2.53 bits per heavy atom. The summed E-state index contributed by atoms with van der Waals surface area (Å²) in [5, 5.41) is 6.47. The van der Waals surface area contributed by atoms with Gasteiger partial charge in [0.15, 0.2) is 17.5 Å². The molecule has 2 heterocycles. The van der Waals surface area contributed by atoms with Crippen LogP contribution in [0.4, 0.5) is 0 Å². The monoisotopic (exact) mass is 552 g/mol. The number of hydrogen-bond acceptors (Lipinski definition) is 5. The molecule has 2 fully saturated rings. The maximum Gasteiger partial charge on any atom is 0.233 e. The van der Waals surface area contributed by atoms with Crippen LogP contribution in [0.1, 0.15) is 18.9 Å². The topological polar surface area (TPSA) is 92.3 Å². The van der Waals surface area contributed by atoms with E-state index in [-0.39, 0.29) is 66.3 Å². The van der Waals surface area contributed by atoms with Crippen LogP contribution in [0.25, 0.3) is 0 Å². The predicted molar refractivity (Wildman–Crippen MR) is 130 cm³/mol. The molecule has 4 aliphatic rings. The van der Waals surface area contributed by atoms with Gasteiger partial charge in [-0.05, 0) is 49.3 Å². The van der Waals surface area contributed by atoms with Gasteiger partial charge < -0.3 is 20.1 Å². The summed E-state index contributed by atoms with van der Waals surface area (Å²) in [5.41, 5.74) is 1.13. The maximum absolute atomic E-state index is 12.8. The van der Waals surface area contributed by atoms with Gasteiger partial charge >= 0.3 is 0 Å². The van der Waals surface area contributed by atoms with Crippen LogP contribution in [-0.2, 0) is 16.0 Å². The van der Waals surface area contributed by atoms with E-state index >= 15 is 0 Å². The third-order valence-corrected chi connectivity index (χ3v) is 6.64. The average molecular weight is 552 g/mol. The second-order valence-corrected chi connectivity index (χ2v) is 8.45. The highest BCUT2D eigenvalue weighted by atomic mass is 127. The van der Waals surface area contributed by atoms with E-state index in [0.29, 0.717) is 25.6 Å². The summed E-state index contributed by atoms with van der Waals surface area (Å²) in [6.07, 6.45) is 5.97. The van der Waals surface area contributed by atoms with E-state index in [1.807, 2.05) is 25.1 Å². The van der Waals surface area contributed by atoms with E-state index in [1.165, 1.54) is 4.90 Å². The van der Waals surface area contributed by atoms with Crippen molar-refractivity contribution in [3.8, 4) is 11.5 Å². The molecule has 1 aromatic rings. The van der Waals surface area contributed by atoms with E-state index in [1.54, 1.807) is 0 Å². The molecule has 2 aliphatic carbocycles. The number of ether oxygens (including phenoxy) is 2. The first kappa shape index (κ1) is 22.9. The van der Waals surface area contributed by atoms with Gasteiger partial charge in [0.25, 0.3) is 0 Å². The lowest BCUT2D eigenvalue weighted by atomic mass is 9.85. The highest BCUT2D eigenvalue weighted by molar-refractivity contribution is 14.0. The zero-order valence-electron chi connectivity index (χ0n) is 18.1. The van der Waals surface area contributed by atoms with Crippen molar-refractivity contribution in [2.24, 2.45) is 28.7 Å². The van der Waals surface area contributed by atoms with Crippen LogP contribution in [0.5, 0.6) is 11.5 Å².